The Kier molecular flexibility index (Phi) is 9.16. The molecule has 2 aromatic heterocycles. The van der Waals surface area contributed by atoms with Gasteiger partial charge in [0.2, 0.25) is 0 Å². The molecule has 0 saturated carbocycles. The third-order valence-electron chi connectivity index (χ3n) is 6.27. The maximum absolute atomic E-state index is 13.5. The number of ether oxygens (including phenoxy) is 2. The van der Waals surface area contributed by atoms with Gasteiger partial charge in [0.25, 0.3) is 5.91 Å². The molecule has 0 aliphatic heterocycles. The van der Waals surface area contributed by atoms with E-state index in [4.69, 9.17) is 9.47 Å². The molecule has 206 valence electrons. The highest BCUT2D eigenvalue weighted by Gasteiger charge is 2.32. The first-order chi connectivity index (χ1) is 17.0. The highest BCUT2D eigenvalue weighted by Crippen LogP contribution is 2.27. The van der Waals surface area contributed by atoms with Gasteiger partial charge in [-0.1, -0.05) is 27.7 Å². The van der Waals surface area contributed by atoms with Gasteiger partial charge in [0.05, 0.1) is 19.2 Å². The lowest BCUT2D eigenvalue weighted by Gasteiger charge is -2.25. The minimum Gasteiger partial charge on any atom is -0.464 e. The van der Waals surface area contributed by atoms with E-state index < -0.39 is 29.7 Å². The van der Waals surface area contributed by atoms with Crippen molar-refractivity contribution in [2.75, 3.05) is 7.11 Å². The number of carbonyl (C=O) groups excluding carboxylic acids is 3. The van der Waals surface area contributed by atoms with Gasteiger partial charge in [-0.15, -0.1) is 0 Å². The third kappa shape index (κ3) is 6.69. The smallest absolute Gasteiger partial charge is 0.408 e. The van der Waals surface area contributed by atoms with Crippen molar-refractivity contribution in [1.29, 1.82) is 0 Å². The third-order valence-corrected chi connectivity index (χ3v) is 6.27. The first kappa shape index (κ1) is 29.9. The molecule has 0 aliphatic rings. The van der Waals surface area contributed by atoms with Crippen LogP contribution in [0, 0.1) is 25.7 Å². The van der Waals surface area contributed by atoms with Crippen LogP contribution in [0.15, 0.2) is 0 Å². The zero-order valence-corrected chi connectivity index (χ0v) is 24.1. The summed E-state index contributed by atoms with van der Waals surface area (Å²) in [6, 6.07) is -0.957. The largest absolute Gasteiger partial charge is 0.464 e. The SMILES string of the molecule is COC(=O)c1nc([C@@H](NC(=O)c2nc([C@@H](NC(=O)OC(C)(C)C)C(C)C)n(C)c2C)C(C)C)n(C)c1C. The average Bonchev–Trinajstić information content (AvgIpc) is 3.24. The number of carbonyl (C=O) groups is 3. The Bertz CT molecular complexity index is 1160. The van der Waals surface area contributed by atoms with Crippen molar-refractivity contribution in [2.24, 2.45) is 25.9 Å². The number of nitrogens with zero attached hydrogens (tertiary/aromatic N) is 4. The van der Waals surface area contributed by atoms with E-state index in [2.05, 4.69) is 20.6 Å². The Morgan fingerprint density at radius 2 is 1.24 bits per heavy atom. The van der Waals surface area contributed by atoms with Crippen LogP contribution >= 0.6 is 0 Å². The van der Waals surface area contributed by atoms with Crippen molar-refractivity contribution < 1.29 is 23.9 Å². The van der Waals surface area contributed by atoms with Crippen LogP contribution in [0.1, 0.15) is 105 Å². The Hall–Kier alpha value is -3.37. The number of hydrogen-bond donors (Lipinski definition) is 2. The zero-order valence-electron chi connectivity index (χ0n) is 24.1. The lowest BCUT2D eigenvalue weighted by atomic mass is 10.0. The first-order valence-corrected chi connectivity index (χ1v) is 12.4. The number of hydrogen-bond acceptors (Lipinski definition) is 7. The van der Waals surface area contributed by atoms with Gasteiger partial charge in [-0.2, -0.15) is 0 Å². The molecule has 0 unspecified atom stereocenters. The molecule has 0 saturated heterocycles. The lowest BCUT2D eigenvalue weighted by molar-refractivity contribution is 0.0484. The lowest BCUT2D eigenvalue weighted by Crippen LogP contribution is -2.38. The fraction of sp³-hybridized carbons (Fsp3) is 0.654. The molecular weight excluding hydrogens is 476 g/mol. The van der Waals surface area contributed by atoms with Crippen molar-refractivity contribution in [3.05, 3.63) is 34.4 Å². The fourth-order valence-corrected chi connectivity index (χ4v) is 3.97. The number of rotatable bonds is 8. The molecule has 0 radical (unpaired) electrons. The number of alkyl carbamates (subject to hydrolysis) is 1. The van der Waals surface area contributed by atoms with Gasteiger partial charge in [-0.25, -0.2) is 19.6 Å². The minimum absolute atomic E-state index is 0.0142. The molecule has 0 aromatic carbocycles. The van der Waals surface area contributed by atoms with E-state index in [0.29, 0.717) is 23.0 Å². The van der Waals surface area contributed by atoms with Crippen molar-refractivity contribution in [3.8, 4) is 0 Å². The number of esters is 1. The second kappa shape index (κ2) is 11.4. The molecule has 2 amide bonds. The van der Waals surface area contributed by atoms with Crippen LogP contribution in [0.3, 0.4) is 0 Å². The topological polar surface area (TPSA) is 129 Å². The molecule has 2 heterocycles. The summed E-state index contributed by atoms with van der Waals surface area (Å²) in [6.45, 7) is 16.8. The summed E-state index contributed by atoms with van der Waals surface area (Å²) < 4.78 is 13.9. The molecule has 0 bridgehead atoms. The normalized spacial score (nSPS) is 13.5. The zero-order chi connectivity index (χ0) is 28.4. The fourth-order valence-electron chi connectivity index (χ4n) is 3.97. The molecule has 11 heteroatoms. The second-order valence-electron chi connectivity index (χ2n) is 11.0. The van der Waals surface area contributed by atoms with Gasteiger partial charge in [-0.3, -0.25) is 4.79 Å². The maximum Gasteiger partial charge on any atom is 0.408 e. The average molecular weight is 519 g/mol. The van der Waals surface area contributed by atoms with E-state index in [1.807, 2.05) is 39.3 Å². The monoisotopic (exact) mass is 518 g/mol. The number of amides is 2. The summed E-state index contributed by atoms with van der Waals surface area (Å²) in [4.78, 5) is 47.3. The summed E-state index contributed by atoms with van der Waals surface area (Å²) >= 11 is 0. The van der Waals surface area contributed by atoms with E-state index in [0.717, 1.165) is 0 Å². The van der Waals surface area contributed by atoms with Crippen LogP contribution in [0.5, 0.6) is 0 Å². The number of nitrogens with one attached hydrogen (secondary N) is 2. The summed E-state index contributed by atoms with van der Waals surface area (Å²) in [5.41, 5.74) is 1.11. The highest BCUT2D eigenvalue weighted by atomic mass is 16.6. The van der Waals surface area contributed by atoms with E-state index in [9.17, 15) is 14.4 Å². The summed E-state index contributed by atoms with van der Waals surface area (Å²) in [7, 11) is 4.91. The Morgan fingerprint density at radius 3 is 1.68 bits per heavy atom. The molecule has 0 fully saturated rings. The van der Waals surface area contributed by atoms with Crippen LogP contribution in [-0.2, 0) is 23.6 Å². The van der Waals surface area contributed by atoms with Crippen LogP contribution in [0.25, 0.3) is 0 Å². The standard InChI is InChI=1S/C26H42N6O5/c1-13(2)17(21-28-20(24(34)36-12)16(6)32(21)11)29-23(33)19-15(5)31(10)22(27-19)18(14(3)4)30-25(35)37-26(7,8)9/h13-14,17-18H,1-12H3,(H,29,33)(H,30,35)/t17-,18-/m0/s1. The summed E-state index contributed by atoms with van der Waals surface area (Å²) in [5.74, 6) is 0.135. The summed E-state index contributed by atoms with van der Waals surface area (Å²) in [6.07, 6.45) is -0.552. The van der Waals surface area contributed by atoms with Crippen LogP contribution in [0.2, 0.25) is 0 Å². The number of methoxy groups -OCH3 is 1. The van der Waals surface area contributed by atoms with Gasteiger partial charge in [0.1, 0.15) is 22.9 Å². The van der Waals surface area contributed by atoms with E-state index in [1.54, 1.807) is 46.2 Å². The van der Waals surface area contributed by atoms with Crippen LogP contribution < -0.4 is 10.6 Å². The highest BCUT2D eigenvalue weighted by molar-refractivity contribution is 5.94. The maximum atomic E-state index is 13.5. The van der Waals surface area contributed by atoms with E-state index in [1.165, 1.54) is 7.11 Å². The molecule has 2 atom stereocenters. The molecule has 2 aromatic rings. The Morgan fingerprint density at radius 1 is 0.811 bits per heavy atom. The van der Waals surface area contributed by atoms with Crippen molar-refractivity contribution >= 4 is 18.0 Å². The van der Waals surface area contributed by atoms with Crippen molar-refractivity contribution in [3.63, 3.8) is 0 Å². The van der Waals surface area contributed by atoms with E-state index in [-0.39, 0.29) is 29.1 Å². The number of aromatic nitrogens is 4. The molecule has 2 rings (SSSR count). The molecule has 0 aliphatic carbocycles. The van der Waals surface area contributed by atoms with Crippen LogP contribution in [-0.4, -0.2) is 49.8 Å². The van der Waals surface area contributed by atoms with Crippen molar-refractivity contribution in [2.45, 2.75) is 80.0 Å². The predicted octanol–water partition coefficient (Wildman–Crippen LogP) is 3.91. The summed E-state index contributed by atoms with van der Waals surface area (Å²) in [5, 5.41) is 5.94. The predicted molar refractivity (Wildman–Crippen MR) is 139 cm³/mol. The minimum atomic E-state index is -0.642. The molecule has 37 heavy (non-hydrogen) atoms. The van der Waals surface area contributed by atoms with Gasteiger partial charge in [0.15, 0.2) is 5.69 Å². The number of imidazole rings is 2. The molecule has 2 N–H and O–H groups in total. The second-order valence-corrected chi connectivity index (χ2v) is 11.0. The van der Waals surface area contributed by atoms with Crippen molar-refractivity contribution in [1.82, 2.24) is 29.7 Å². The molecular formula is C26H42N6O5. The van der Waals surface area contributed by atoms with Gasteiger partial charge in [0, 0.05) is 25.5 Å². The Labute approximate surface area is 219 Å². The Balaban J connectivity index is 2.40. The van der Waals surface area contributed by atoms with Crippen LogP contribution in [0.4, 0.5) is 4.79 Å². The quantitative estimate of drug-likeness (QED) is 0.507. The van der Waals surface area contributed by atoms with Gasteiger partial charge >= 0.3 is 12.1 Å². The van der Waals surface area contributed by atoms with Gasteiger partial charge in [-0.05, 0) is 46.5 Å². The first-order valence-electron chi connectivity index (χ1n) is 12.4. The molecule has 0 spiro atoms. The van der Waals surface area contributed by atoms with E-state index >= 15 is 0 Å². The van der Waals surface area contributed by atoms with Gasteiger partial charge < -0.3 is 29.2 Å². The molecule has 11 nitrogen and oxygen atoms in total.